The maximum absolute atomic E-state index is 13.7. The summed E-state index contributed by atoms with van der Waals surface area (Å²) in [5.41, 5.74) is 4.37. The highest BCUT2D eigenvalue weighted by Crippen LogP contribution is 2.45. The lowest BCUT2D eigenvalue weighted by Gasteiger charge is -2.36. The van der Waals surface area contributed by atoms with E-state index < -0.39 is 11.9 Å². The first-order chi connectivity index (χ1) is 16.0. The summed E-state index contributed by atoms with van der Waals surface area (Å²) in [6.07, 6.45) is 1.05. The molecule has 1 heterocycles. The molecule has 0 aromatic heterocycles. The van der Waals surface area contributed by atoms with E-state index in [4.69, 9.17) is 4.74 Å². The van der Waals surface area contributed by atoms with Crippen molar-refractivity contribution in [3.63, 3.8) is 0 Å². The SMILES string of the molecule is CCSCCOC(=O)C1=C(C)NC2=C(C(=O)C[C@@H](c3ccccc3)C2)[C@H]1c1ccc(F)cc1. The number of hydrogen-bond acceptors (Lipinski definition) is 5. The Kier molecular flexibility index (Phi) is 7.33. The number of allylic oxidation sites excluding steroid dienone is 3. The van der Waals surface area contributed by atoms with E-state index in [9.17, 15) is 14.0 Å². The lowest BCUT2D eigenvalue weighted by molar-refractivity contribution is -0.138. The molecule has 0 unspecified atom stereocenters. The number of thioether (sulfide) groups is 1. The van der Waals surface area contributed by atoms with E-state index in [1.807, 2.05) is 37.3 Å². The van der Waals surface area contributed by atoms with Gasteiger partial charge in [0.25, 0.3) is 0 Å². The molecule has 6 heteroatoms. The predicted octanol–water partition coefficient (Wildman–Crippen LogP) is 5.48. The first-order valence-electron chi connectivity index (χ1n) is 11.3. The average Bonchev–Trinajstić information content (AvgIpc) is 2.82. The Morgan fingerprint density at radius 1 is 1.09 bits per heavy atom. The molecular formula is C27H28FNO3S. The van der Waals surface area contributed by atoms with Crippen molar-refractivity contribution in [1.82, 2.24) is 5.32 Å². The second kappa shape index (κ2) is 10.4. The van der Waals surface area contributed by atoms with Gasteiger partial charge in [-0.25, -0.2) is 9.18 Å². The molecule has 0 fully saturated rings. The van der Waals surface area contributed by atoms with Gasteiger partial charge in [-0.15, -0.1) is 0 Å². The molecule has 1 aliphatic heterocycles. The van der Waals surface area contributed by atoms with Crippen LogP contribution in [0.25, 0.3) is 0 Å². The number of halogens is 1. The topological polar surface area (TPSA) is 55.4 Å². The Morgan fingerprint density at radius 2 is 1.82 bits per heavy atom. The predicted molar refractivity (Wildman–Crippen MR) is 129 cm³/mol. The molecule has 4 nitrogen and oxygen atoms in total. The minimum Gasteiger partial charge on any atom is -0.461 e. The van der Waals surface area contributed by atoms with Crippen molar-refractivity contribution in [3.05, 3.63) is 94.1 Å². The van der Waals surface area contributed by atoms with Gasteiger partial charge in [0.2, 0.25) is 0 Å². The molecule has 172 valence electrons. The van der Waals surface area contributed by atoms with Gasteiger partial charge in [-0.2, -0.15) is 11.8 Å². The average molecular weight is 466 g/mol. The van der Waals surface area contributed by atoms with E-state index in [0.29, 0.717) is 41.9 Å². The summed E-state index contributed by atoms with van der Waals surface area (Å²) in [5.74, 6) is 0.383. The Balaban J connectivity index is 1.70. The molecule has 33 heavy (non-hydrogen) atoms. The lowest BCUT2D eigenvalue weighted by Crippen LogP contribution is -2.36. The molecule has 4 rings (SSSR count). The number of dihydropyridines is 1. The van der Waals surface area contributed by atoms with Gasteiger partial charge >= 0.3 is 5.97 Å². The zero-order chi connectivity index (χ0) is 23.4. The highest BCUT2D eigenvalue weighted by atomic mass is 32.2. The molecule has 0 amide bonds. The molecule has 2 aromatic carbocycles. The molecule has 2 aromatic rings. The Bertz CT molecular complexity index is 1090. The molecule has 0 radical (unpaired) electrons. The number of rotatable bonds is 7. The maximum Gasteiger partial charge on any atom is 0.336 e. The Hall–Kier alpha value is -2.86. The van der Waals surface area contributed by atoms with E-state index in [0.717, 1.165) is 22.8 Å². The monoisotopic (exact) mass is 465 g/mol. The summed E-state index contributed by atoms with van der Waals surface area (Å²) < 4.78 is 19.2. The van der Waals surface area contributed by atoms with Crippen LogP contribution in [0.1, 0.15) is 49.7 Å². The number of ether oxygens (including phenoxy) is 1. The smallest absolute Gasteiger partial charge is 0.336 e. The molecule has 1 N–H and O–H groups in total. The second-order valence-corrected chi connectivity index (χ2v) is 9.71. The van der Waals surface area contributed by atoms with Crippen LogP contribution >= 0.6 is 11.8 Å². The van der Waals surface area contributed by atoms with Crippen LogP contribution in [0, 0.1) is 5.82 Å². The summed E-state index contributed by atoms with van der Waals surface area (Å²) >= 11 is 1.70. The van der Waals surface area contributed by atoms with Gasteiger partial charge < -0.3 is 10.1 Å². The fourth-order valence-corrected chi connectivity index (χ4v) is 5.16. The van der Waals surface area contributed by atoms with Crippen LogP contribution in [0.5, 0.6) is 0 Å². The lowest BCUT2D eigenvalue weighted by atomic mass is 9.72. The number of Topliss-reactive ketones (excluding diaryl/α,β-unsaturated/α-hetero) is 1. The van der Waals surface area contributed by atoms with E-state index in [1.54, 1.807) is 23.9 Å². The number of carbonyl (C=O) groups excluding carboxylic acids is 2. The van der Waals surface area contributed by atoms with Crippen molar-refractivity contribution in [2.45, 2.75) is 38.5 Å². The standard InChI is InChI=1S/C27H28FNO3S/c1-3-33-14-13-32-27(31)24-17(2)29-22-15-20(18-7-5-4-6-8-18)16-23(30)26(22)25(24)19-9-11-21(28)12-10-19/h4-12,20,25,29H,3,13-16H2,1-2H3/t20-,25-/m0/s1. The maximum atomic E-state index is 13.7. The molecule has 2 atom stereocenters. The third kappa shape index (κ3) is 5.06. The van der Waals surface area contributed by atoms with Crippen molar-refractivity contribution in [2.75, 3.05) is 18.1 Å². The summed E-state index contributed by atoms with van der Waals surface area (Å²) in [6, 6.07) is 16.1. The van der Waals surface area contributed by atoms with Crippen LogP contribution in [-0.2, 0) is 14.3 Å². The highest BCUT2D eigenvalue weighted by molar-refractivity contribution is 7.99. The van der Waals surface area contributed by atoms with Gasteiger partial charge in [-0.1, -0.05) is 49.4 Å². The van der Waals surface area contributed by atoms with E-state index in [-0.39, 0.29) is 17.5 Å². The molecule has 0 bridgehead atoms. The fraction of sp³-hybridized carbons (Fsp3) is 0.333. The van der Waals surface area contributed by atoms with Crippen LogP contribution in [0.2, 0.25) is 0 Å². The first-order valence-corrected chi connectivity index (χ1v) is 12.4. The minimum atomic E-state index is -0.572. The molecule has 0 saturated carbocycles. The van der Waals surface area contributed by atoms with Gasteiger partial charge in [-0.05, 0) is 48.3 Å². The van der Waals surface area contributed by atoms with E-state index in [1.165, 1.54) is 12.1 Å². The van der Waals surface area contributed by atoms with Gasteiger partial charge in [0.05, 0.1) is 5.57 Å². The van der Waals surface area contributed by atoms with Gasteiger partial charge in [0.15, 0.2) is 5.78 Å². The third-order valence-corrected chi connectivity index (χ3v) is 7.05. The van der Waals surface area contributed by atoms with Crippen LogP contribution in [0.3, 0.4) is 0 Å². The van der Waals surface area contributed by atoms with Crippen molar-refractivity contribution in [1.29, 1.82) is 0 Å². The minimum absolute atomic E-state index is 0.00580. The second-order valence-electron chi connectivity index (χ2n) is 8.31. The Morgan fingerprint density at radius 3 is 2.52 bits per heavy atom. The van der Waals surface area contributed by atoms with E-state index in [2.05, 4.69) is 12.2 Å². The highest BCUT2D eigenvalue weighted by Gasteiger charge is 2.41. The number of ketones is 1. The van der Waals surface area contributed by atoms with Crippen molar-refractivity contribution in [3.8, 4) is 0 Å². The molecule has 0 saturated heterocycles. The molecule has 2 aliphatic rings. The largest absolute Gasteiger partial charge is 0.461 e. The Labute approximate surface area is 198 Å². The van der Waals surface area contributed by atoms with Crippen LogP contribution in [-0.4, -0.2) is 29.9 Å². The number of benzene rings is 2. The zero-order valence-electron chi connectivity index (χ0n) is 18.9. The number of hydrogen-bond donors (Lipinski definition) is 1. The normalized spacial score (nSPS) is 20.4. The summed E-state index contributed by atoms with van der Waals surface area (Å²) in [4.78, 5) is 26.6. The molecular weight excluding hydrogens is 437 g/mol. The first kappa shape index (κ1) is 23.3. The number of nitrogens with one attached hydrogen (secondary N) is 1. The van der Waals surface area contributed by atoms with Crippen LogP contribution in [0.4, 0.5) is 4.39 Å². The number of carbonyl (C=O) groups is 2. The summed E-state index contributed by atoms with van der Waals surface area (Å²) in [5, 5.41) is 3.35. The quantitative estimate of drug-likeness (QED) is 0.433. The number of esters is 1. The van der Waals surface area contributed by atoms with Gasteiger partial charge in [0.1, 0.15) is 12.4 Å². The van der Waals surface area contributed by atoms with Gasteiger partial charge in [-0.3, -0.25) is 4.79 Å². The molecule has 1 aliphatic carbocycles. The molecule has 0 spiro atoms. The zero-order valence-corrected chi connectivity index (χ0v) is 19.7. The van der Waals surface area contributed by atoms with Crippen molar-refractivity contribution >= 4 is 23.5 Å². The van der Waals surface area contributed by atoms with Gasteiger partial charge in [0, 0.05) is 35.1 Å². The fourth-order valence-electron chi connectivity index (χ4n) is 4.67. The van der Waals surface area contributed by atoms with Crippen LogP contribution < -0.4 is 5.32 Å². The van der Waals surface area contributed by atoms with E-state index >= 15 is 0 Å². The van der Waals surface area contributed by atoms with Crippen LogP contribution in [0.15, 0.2) is 77.1 Å². The van der Waals surface area contributed by atoms with Crippen molar-refractivity contribution in [2.24, 2.45) is 0 Å². The summed E-state index contributed by atoms with van der Waals surface area (Å²) in [7, 11) is 0. The van der Waals surface area contributed by atoms with Crippen molar-refractivity contribution < 1.29 is 18.7 Å². The third-order valence-electron chi connectivity index (χ3n) is 6.19. The summed E-state index contributed by atoms with van der Waals surface area (Å²) in [6.45, 7) is 4.20.